The summed E-state index contributed by atoms with van der Waals surface area (Å²) in [4.78, 5) is 0. The van der Waals surface area contributed by atoms with Gasteiger partial charge in [0.15, 0.2) is 0 Å². The van der Waals surface area contributed by atoms with Gasteiger partial charge >= 0.3 is 0 Å². The Balaban J connectivity index is 2.32. The van der Waals surface area contributed by atoms with E-state index in [4.69, 9.17) is 0 Å². The van der Waals surface area contributed by atoms with Gasteiger partial charge in [-0.2, -0.15) is 0 Å². The molecule has 1 nitrogen and oxygen atoms in total. The molecule has 2 rings (SSSR count). The first-order chi connectivity index (χ1) is 4.97. The van der Waals surface area contributed by atoms with E-state index < -0.39 is 0 Å². The Morgan fingerprint density at radius 1 is 1.20 bits per heavy atom. The van der Waals surface area contributed by atoms with Crippen molar-refractivity contribution in [3.8, 4) is 0 Å². The van der Waals surface area contributed by atoms with Crippen molar-refractivity contribution in [3.63, 3.8) is 0 Å². The SMILES string of the molecule is C1=CC2=C(CC1)NCC=C2. The summed E-state index contributed by atoms with van der Waals surface area (Å²) >= 11 is 0. The Hall–Kier alpha value is -0.980. The molecular formula is C9H11N. The molecule has 0 aromatic rings. The zero-order chi connectivity index (χ0) is 6.81. The molecule has 1 heterocycles. The lowest BCUT2D eigenvalue weighted by molar-refractivity contribution is 0.780. The molecule has 10 heavy (non-hydrogen) atoms. The summed E-state index contributed by atoms with van der Waals surface area (Å²) in [6.45, 7) is 1.01. The highest BCUT2D eigenvalue weighted by Crippen LogP contribution is 2.19. The third kappa shape index (κ3) is 0.878. The van der Waals surface area contributed by atoms with Gasteiger partial charge in [-0.1, -0.05) is 24.3 Å². The summed E-state index contributed by atoms with van der Waals surface area (Å²) in [7, 11) is 0. The molecule has 52 valence electrons. The van der Waals surface area contributed by atoms with Crippen LogP contribution in [0.1, 0.15) is 12.8 Å². The van der Waals surface area contributed by atoms with Crippen LogP contribution in [0.2, 0.25) is 0 Å². The van der Waals surface area contributed by atoms with E-state index in [-0.39, 0.29) is 0 Å². The Morgan fingerprint density at radius 3 is 3.00 bits per heavy atom. The molecule has 0 saturated carbocycles. The number of nitrogens with one attached hydrogen (secondary N) is 1. The Labute approximate surface area is 61.1 Å². The average molecular weight is 133 g/mol. The topological polar surface area (TPSA) is 12.0 Å². The van der Waals surface area contributed by atoms with Crippen LogP contribution in [0.25, 0.3) is 0 Å². The summed E-state index contributed by atoms with van der Waals surface area (Å²) in [5, 5.41) is 3.36. The van der Waals surface area contributed by atoms with Gasteiger partial charge < -0.3 is 5.32 Å². The van der Waals surface area contributed by atoms with Crippen LogP contribution < -0.4 is 5.32 Å². The van der Waals surface area contributed by atoms with Gasteiger partial charge in [-0.15, -0.1) is 0 Å². The lowest BCUT2D eigenvalue weighted by Gasteiger charge is -2.18. The van der Waals surface area contributed by atoms with Crippen LogP contribution in [-0.2, 0) is 0 Å². The molecule has 0 bridgehead atoms. The fourth-order valence-electron chi connectivity index (χ4n) is 1.40. The summed E-state index contributed by atoms with van der Waals surface area (Å²) in [5.74, 6) is 0. The molecule has 0 saturated heterocycles. The van der Waals surface area contributed by atoms with E-state index in [0.29, 0.717) is 0 Å². The monoisotopic (exact) mass is 133 g/mol. The van der Waals surface area contributed by atoms with E-state index in [2.05, 4.69) is 29.6 Å². The molecule has 0 fully saturated rings. The van der Waals surface area contributed by atoms with Crippen LogP contribution in [-0.4, -0.2) is 6.54 Å². The second kappa shape index (κ2) is 2.33. The van der Waals surface area contributed by atoms with Gasteiger partial charge in [-0.05, 0) is 18.4 Å². The van der Waals surface area contributed by atoms with Crippen molar-refractivity contribution in [1.82, 2.24) is 5.32 Å². The van der Waals surface area contributed by atoms with Crippen molar-refractivity contribution in [2.45, 2.75) is 12.8 Å². The van der Waals surface area contributed by atoms with Gasteiger partial charge in [-0.3, -0.25) is 0 Å². The van der Waals surface area contributed by atoms with Crippen molar-refractivity contribution in [2.75, 3.05) is 6.54 Å². The predicted octanol–water partition coefficient (Wildman–Crippen LogP) is 1.75. The number of hydrogen-bond acceptors (Lipinski definition) is 1. The molecule has 0 atom stereocenters. The third-order valence-corrected chi connectivity index (χ3v) is 1.94. The van der Waals surface area contributed by atoms with Gasteiger partial charge in [0.1, 0.15) is 0 Å². The van der Waals surface area contributed by atoms with Crippen LogP contribution in [0.3, 0.4) is 0 Å². The maximum absolute atomic E-state index is 3.36. The smallest absolute Gasteiger partial charge is 0.0331 e. The lowest BCUT2D eigenvalue weighted by Crippen LogP contribution is -2.18. The van der Waals surface area contributed by atoms with Crippen molar-refractivity contribution in [1.29, 1.82) is 0 Å². The first-order valence-corrected chi connectivity index (χ1v) is 3.77. The van der Waals surface area contributed by atoms with E-state index in [1.54, 1.807) is 0 Å². The number of hydrogen-bond donors (Lipinski definition) is 1. The normalized spacial score (nSPS) is 22.4. The molecule has 1 heteroatoms. The fourth-order valence-corrected chi connectivity index (χ4v) is 1.40. The lowest BCUT2D eigenvalue weighted by atomic mass is 10.0. The molecule has 1 N–H and O–H groups in total. The van der Waals surface area contributed by atoms with Crippen LogP contribution in [0.5, 0.6) is 0 Å². The average Bonchev–Trinajstić information content (AvgIpc) is 2.05. The number of allylic oxidation sites excluding steroid dienone is 5. The fraction of sp³-hybridized carbons (Fsp3) is 0.333. The van der Waals surface area contributed by atoms with Crippen molar-refractivity contribution in [2.24, 2.45) is 0 Å². The molecular weight excluding hydrogens is 122 g/mol. The molecule has 0 aromatic heterocycles. The predicted molar refractivity (Wildman–Crippen MR) is 42.5 cm³/mol. The van der Waals surface area contributed by atoms with Crippen LogP contribution >= 0.6 is 0 Å². The Bertz CT molecular complexity index is 199. The van der Waals surface area contributed by atoms with E-state index in [1.807, 2.05) is 0 Å². The van der Waals surface area contributed by atoms with Gasteiger partial charge in [0, 0.05) is 12.2 Å². The van der Waals surface area contributed by atoms with Crippen LogP contribution in [0.4, 0.5) is 0 Å². The summed E-state index contributed by atoms with van der Waals surface area (Å²) in [6, 6.07) is 0. The highest BCUT2D eigenvalue weighted by Gasteiger charge is 2.06. The van der Waals surface area contributed by atoms with E-state index in [9.17, 15) is 0 Å². The quantitative estimate of drug-likeness (QED) is 0.531. The van der Waals surface area contributed by atoms with Gasteiger partial charge in [0.2, 0.25) is 0 Å². The van der Waals surface area contributed by atoms with E-state index >= 15 is 0 Å². The third-order valence-electron chi connectivity index (χ3n) is 1.94. The summed E-state index contributed by atoms with van der Waals surface area (Å²) in [5.41, 5.74) is 2.79. The second-order valence-electron chi connectivity index (χ2n) is 2.66. The molecule has 0 spiro atoms. The maximum Gasteiger partial charge on any atom is 0.0331 e. The number of rotatable bonds is 0. The minimum atomic E-state index is 1.01. The van der Waals surface area contributed by atoms with E-state index in [1.165, 1.54) is 24.1 Å². The largest absolute Gasteiger partial charge is 0.384 e. The van der Waals surface area contributed by atoms with Crippen LogP contribution in [0.15, 0.2) is 35.6 Å². The minimum absolute atomic E-state index is 1.01. The second-order valence-corrected chi connectivity index (χ2v) is 2.66. The number of dihydropyridines is 1. The van der Waals surface area contributed by atoms with Gasteiger partial charge in [0.05, 0.1) is 0 Å². The molecule has 0 amide bonds. The molecule has 0 aromatic carbocycles. The first-order valence-electron chi connectivity index (χ1n) is 3.77. The Kier molecular flexibility index (Phi) is 1.35. The highest BCUT2D eigenvalue weighted by atomic mass is 14.9. The van der Waals surface area contributed by atoms with Gasteiger partial charge in [-0.25, -0.2) is 0 Å². The summed E-state index contributed by atoms with van der Waals surface area (Å²) < 4.78 is 0. The van der Waals surface area contributed by atoms with Crippen molar-refractivity contribution in [3.05, 3.63) is 35.6 Å². The van der Waals surface area contributed by atoms with Crippen LogP contribution in [0, 0.1) is 0 Å². The van der Waals surface area contributed by atoms with E-state index in [0.717, 1.165) is 6.54 Å². The molecule has 0 radical (unpaired) electrons. The zero-order valence-electron chi connectivity index (χ0n) is 5.93. The standard InChI is InChI=1S/C9H11N/c1-2-6-9-8(4-1)5-3-7-10-9/h1,3-5,10H,2,6-7H2. The minimum Gasteiger partial charge on any atom is -0.384 e. The van der Waals surface area contributed by atoms with Crippen molar-refractivity contribution >= 4 is 0 Å². The highest BCUT2D eigenvalue weighted by molar-refractivity contribution is 5.39. The Morgan fingerprint density at radius 2 is 2.10 bits per heavy atom. The maximum atomic E-state index is 3.36. The molecule has 2 aliphatic rings. The first kappa shape index (κ1) is 5.78. The van der Waals surface area contributed by atoms with Gasteiger partial charge in [0.25, 0.3) is 0 Å². The zero-order valence-corrected chi connectivity index (χ0v) is 5.93. The molecule has 0 unspecified atom stereocenters. The summed E-state index contributed by atoms with van der Waals surface area (Å²) in [6.07, 6.45) is 11.2. The van der Waals surface area contributed by atoms with Crippen molar-refractivity contribution < 1.29 is 0 Å². The molecule has 1 aliphatic heterocycles. The molecule has 1 aliphatic carbocycles.